The molecule has 3 rings (SSSR count). The summed E-state index contributed by atoms with van der Waals surface area (Å²) in [5.41, 5.74) is 0. The highest BCUT2D eigenvalue weighted by molar-refractivity contribution is 7.97. The number of rotatable bonds is 5. The van der Waals surface area contributed by atoms with Crippen LogP contribution >= 0.6 is 11.9 Å². The van der Waals surface area contributed by atoms with Gasteiger partial charge in [0.2, 0.25) is 0 Å². The second-order valence-corrected chi connectivity index (χ2v) is 12.7. The van der Waals surface area contributed by atoms with E-state index in [4.69, 9.17) is 4.43 Å². The van der Waals surface area contributed by atoms with Gasteiger partial charge in [-0.2, -0.15) is 0 Å². The molecule has 0 saturated carbocycles. The summed E-state index contributed by atoms with van der Waals surface area (Å²) in [6.07, 6.45) is 1.18. The van der Waals surface area contributed by atoms with Gasteiger partial charge in [0.1, 0.15) is 0 Å². The second-order valence-electron chi connectivity index (χ2n) is 7.43. The summed E-state index contributed by atoms with van der Waals surface area (Å²) in [5, 5.41) is 2.77. The molecule has 24 heavy (non-hydrogen) atoms. The molecule has 1 heterocycles. The van der Waals surface area contributed by atoms with Gasteiger partial charge in [0.25, 0.3) is 8.32 Å². The van der Waals surface area contributed by atoms with Gasteiger partial charge in [-0.15, -0.1) is 0 Å². The van der Waals surface area contributed by atoms with E-state index in [2.05, 4.69) is 86.2 Å². The molecule has 0 bridgehead atoms. The third-order valence-corrected chi connectivity index (χ3v) is 10.7. The standard InChI is InChI=1S/C20H27NOSSi/c1-20(2,3)24(18-10-6-4-7-11-18,19-12-8-5-9-13-19)22-16-17-14-15-23-21-17/h4-13,17,21H,14-16H2,1-3H3. The molecule has 0 aromatic heterocycles. The van der Waals surface area contributed by atoms with Crippen LogP contribution in [0.5, 0.6) is 0 Å². The van der Waals surface area contributed by atoms with Crippen LogP contribution < -0.4 is 15.1 Å². The third-order valence-electron chi connectivity index (χ3n) is 4.74. The number of hydrogen-bond donors (Lipinski definition) is 1. The highest BCUT2D eigenvalue weighted by Gasteiger charge is 2.50. The molecule has 0 amide bonds. The van der Waals surface area contributed by atoms with Crippen molar-refractivity contribution in [1.82, 2.24) is 4.72 Å². The zero-order chi connectivity index (χ0) is 17.0. The lowest BCUT2D eigenvalue weighted by Gasteiger charge is -2.43. The predicted molar refractivity (Wildman–Crippen MR) is 108 cm³/mol. The average molecular weight is 358 g/mol. The summed E-state index contributed by atoms with van der Waals surface area (Å²) in [4.78, 5) is 0. The summed E-state index contributed by atoms with van der Waals surface area (Å²) in [6, 6.07) is 22.2. The van der Waals surface area contributed by atoms with E-state index in [0.29, 0.717) is 6.04 Å². The first-order valence-corrected chi connectivity index (χ1v) is 11.6. The van der Waals surface area contributed by atoms with Crippen LogP contribution in [0, 0.1) is 0 Å². The van der Waals surface area contributed by atoms with Crippen molar-refractivity contribution in [3.8, 4) is 0 Å². The van der Waals surface area contributed by atoms with Gasteiger partial charge in [-0.1, -0.05) is 93.4 Å². The fraction of sp³-hybridized carbons (Fsp3) is 0.400. The van der Waals surface area contributed by atoms with Gasteiger partial charge in [-0.3, -0.25) is 4.72 Å². The van der Waals surface area contributed by atoms with Gasteiger partial charge in [-0.25, -0.2) is 0 Å². The molecule has 1 fully saturated rings. The minimum atomic E-state index is -2.37. The molecular formula is C20H27NOSSi. The third kappa shape index (κ3) is 3.47. The van der Waals surface area contributed by atoms with Gasteiger partial charge in [-0.05, 0) is 21.8 Å². The van der Waals surface area contributed by atoms with E-state index >= 15 is 0 Å². The summed E-state index contributed by atoms with van der Waals surface area (Å²) < 4.78 is 10.4. The Labute approximate surface area is 151 Å². The summed E-state index contributed by atoms with van der Waals surface area (Å²) >= 11 is 1.82. The number of hydrogen-bond acceptors (Lipinski definition) is 3. The zero-order valence-electron chi connectivity index (χ0n) is 14.8. The normalized spacial score (nSPS) is 18.7. The van der Waals surface area contributed by atoms with Crippen LogP contribution in [0.1, 0.15) is 27.2 Å². The molecule has 2 nitrogen and oxygen atoms in total. The molecule has 2 aromatic carbocycles. The highest BCUT2D eigenvalue weighted by atomic mass is 32.2. The maximum absolute atomic E-state index is 6.91. The van der Waals surface area contributed by atoms with Crippen LogP contribution in [0.2, 0.25) is 5.04 Å². The fourth-order valence-electron chi connectivity index (χ4n) is 3.54. The topological polar surface area (TPSA) is 21.3 Å². The van der Waals surface area contributed by atoms with Crippen LogP contribution in [-0.2, 0) is 4.43 Å². The molecule has 1 aliphatic heterocycles. The molecule has 128 valence electrons. The SMILES string of the molecule is CC(C)(C)[Si](OCC1CCSN1)(c1ccccc1)c1ccccc1. The van der Waals surface area contributed by atoms with E-state index in [9.17, 15) is 0 Å². The van der Waals surface area contributed by atoms with Crippen LogP contribution in [0.25, 0.3) is 0 Å². The zero-order valence-corrected chi connectivity index (χ0v) is 16.6. The Morgan fingerprint density at radius 2 is 1.54 bits per heavy atom. The molecule has 2 aromatic rings. The van der Waals surface area contributed by atoms with E-state index in [1.54, 1.807) is 0 Å². The first-order valence-electron chi connectivity index (χ1n) is 8.66. The number of benzene rings is 2. The van der Waals surface area contributed by atoms with Crippen LogP contribution in [0.3, 0.4) is 0 Å². The Morgan fingerprint density at radius 1 is 1.00 bits per heavy atom. The van der Waals surface area contributed by atoms with Crippen LogP contribution in [0.15, 0.2) is 60.7 Å². The van der Waals surface area contributed by atoms with Crippen molar-refractivity contribution in [2.75, 3.05) is 12.4 Å². The van der Waals surface area contributed by atoms with Crippen LogP contribution in [-0.4, -0.2) is 26.7 Å². The molecule has 1 saturated heterocycles. The van der Waals surface area contributed by atoms with Gasteiger partial charge in [0, 0.05) is 11.8 Å². The molecule has 0 radical (unpaired) electrons. The molecule has 1 aliphatic rings. The Morgan fingerprint density at radius 3 is 1.96 bits per heavy atom. The fourth-order valence-corrected chi connectivity index (χ4v) is 9.09. The van der Waals surface area contributed by atoms with E-state index in [1.807, 2.05) is 11.9 Å². The van der Waals surface area contributed by atoms with Crippen molar-refractivity contribution in [2.24, 2.45) is 0 Å². The largest absolute Gasteiger partial charge is 0.406 e. The lowest BCUT2D eigenvalue weighted by Crippen LogP contribution is -2.67. The molecule has 0 aliphatic carbocycles. The maximum atomic E-state index is 6.91. The monoisotopic (exact) mass is 357 g/mol. The minimum absolute atomic E-state index is 0.0570. The van der Waals surface area contributed by atoms with E-state index in [-0.39, 0.29) is 5.04 Å². The second kappa shape index (κ2) is 7.44. The molecule has 4 heteroatoms. The Bertz CT molecular complexity index is 596. The molecular weight excluding hydrogens is 330 g/mol. The Balaban J connectivity index is 2.06. The first kappa shape index (κ1) is 17.7. The molecule has 1 atom stereocenters. The van der Waals surface area contributed by atoms with Crippen molar-refractivity contribution in [3.05, 3.63) is 60.7 Å². The summed E-state index contributed by atoms with van der Waals surface area (Å²) in [7, 11) is -2.37. The van der Waals surface area contributed by atoms with E-state index < -0.39 is 8.32 Å². The predicted octanol–water partition coefficient (Wildman–Crippen LogP) is 3.57. The maximum Gasteiger partial charge on any atom is 0.261 e. The minimum Gasteiger partial charge on any atom is -0.406 e. The van der Waals surface area contributed by atoms with Crippen molar-refractivity contribution in [1.29, 1.82) is 0 Å². The van der Waals surface area contributed by atoms with Gasteiger partial charge < -0.3 is 4.43 Å². The van der Waals surface area contributed by atoms with Gasteiger partial charge >= 0.3 is 0 Å². The summed E-state index contributed by atoms with van der Waals surface area (Å²) in [6.45, 7) is 7.77. The van der Waals surface area contributed by atoms with Crippen molar-refractivity contribution < 1.29 is 4.43 Å². The van der Waals surface area contributed by atoms with E-state index in [0.717, 1.165) is 6.61 Å². The van der Waals surface area contributed by atoms with Gasteiger partial charge in [0.05, 0.1) is 6.61 Å². The lowest BCUT2D eigenvalue weighted by atomic mass is 10.2. The van der Waals surface area contributed by atoms with Crippen LogP contribution in [0.4, 0.5) is 0 Å². The number of nitrogens with one attached hydrogen (secondary N) is 1. The highest BCUT2D eigenvalue weighted by Crippen LogP contribution is 2.37. The summed E-state index contributed by atoms with van der Waals surface area (Å²) in [5.74, 6) is 1.18. The average Bonchev–Trinajstić information content (AvgIpc) is 3.10. The smallest absolute Gasteiger partial charge is 0.261 e. The molecule has 0 spiro atoms. The van der Waals surface area contributed by atoms with Crippen molar-refractivity contribution >= 4 is 30.6 Å². The Kier molecular flexibility index (Phi) is 5.50. The molecule has 1 unspecified atom stereocenters. The van der Waals surface area contributed by atoms with E-state index in [1.165, 1.54) is 22.5 Å². The molecule has 1 N–H and O–H groups in total. The Hall–Kier alpha value is -1.07. The van der Waals surface area contributed by atoms with Crippen molar-refractivity contribution in [3.63, 3.8) is 0 Å². The quantitative estimate of drug-likeness (QED) is 0.653. The van der Waals surface area contributed by atoms with Gasteiger partial charge in [0.15, 0.2) is 0 Å². The van der Waals surface area contributed by atoms with Crippen molar-refractivity contribution in [2.45, 2.75) is 38.3 Å². The first-order chi connectivity index (χ1) is 11.5. The lowest BCUT2D eigenvalue weighted by molar-refractivity contribution is 0.266.